The summed E-state index contributed by atoms with van der Waals surface area (Å²) < 4.78 is 11.1. The number of aliphatic hydroxyl groups excluding tert-OH is 1. The van der Waals surface area contributed by atoms with Crippen molar-refractivity contribution in [3.05, 3.63) is 29.8 Å². The monoisotopic (exact) mass is 293 g/mol. The first kappa shape index (κ1) is 16.3. The highest BCUT2D eigenvalue weighted by Crippen LogP contribution is 2.31. The van der Waals surface area contributed by atoms with Crippen LogP contribution >= 0.6 is 0 Å². The van der Waals surface area contributed by atoms with E-state index in [1.165, 1.54) is 12.0 Å². The number of fused-ring (bicyclic) bond motifs is 1. The maximum Gasteiger partial charge on any atom is 0.124 e. The molecule has 0 aliphatic carbocycles. The Morgan fingerprint density at radius 3 is 3.00 bits per heavy atom. The van der Waals surface area contributed by atoms with Crippen LogP contribution in [-0.4, -0.2) is 37.6 Å². The number of hydrogen-bond donors (Lipinski definition) is 2. The molecule has 2 unspecified atom stereocenters. The van der Waals surface area contributed by atoms with Crippen LogP contribution in [-0.2, 0) is 4.74 Å². The maximum absolute atomic E-state index is 9.94. The zero-order valence-electron chi connectivity index (χ0n) is 13.0. The van der Waals surface area contributed by atoms with Gasteiger partial charge in [-0.25, -0.2) is 0 Å². The second kappa shape index (κ2) is 8.37. The molecule has 2 rings (SSSR count). The third-order valence-corrected chi connectivity index (χ3v) is 3.68. The molecule has 21 heavy (non-hydrogen) atoms. The molecule has 0 radical (unpaired) electrons. The Hall–Kier alpha value is -1.10. The van der Waals surface area contributed by atoms with E-state index in [2.05, 4.69) is 25.2 Å². The van der Waals surface area contributed by atoms with E-state index < -0.39 is 6.10 Å². The molecule has 1 aliphatic heterocycles. The highest BCUT2D eigenvalue weighted by molar-refractivity contribution is 5.39. The summed E-state index contributed by atoms with van der Waals surface area (Å²) in [5.74, 6) is 1.65. The summed E-state index contributed by atoms with van der Waals surface area (Å²) in [5.41, 5.74) is 1.17. The standard InChI is InChI=1S/C17H27NO3/c1-13(2)6-5-9-20-11-14(19)10-18-16-12-21-17-8-4-3-7-15(16)17/h3-4,7-8,13-14,16,18-19H,5-6,9-12H2,1-2H3. The molecule has 4 nitrogen and oxygen atoms in total. The van der Waals surface area contributed by atoms with Crippen LogP contribution in [0.4, 0.5) is 0 Å². The van der Waals surface area contributed by atoms with Crippen LogP contribution in [0.25, 0.3) is 0 Å². The lowest BCUT2D eigenvalue weighted by Crippen LogP contribution is -2.33. The molecule has 0 fully saturated rings. The van der Waals surface area contributed by atoms with E-state index in [0.717, 1.165) is 18.8 Å². The predicted octanol–water partition coefficient (Wildman–Crippen LogP) is 2.52. The van der Waals surface area contributed by atoms with Crippen molar-refractivity contribution in [2.75, 3.05) is 26.4 Å². The number of benzene rings is 1. The van der Waals surface area contributed by atoms with Gasteiger partial charge in [-0.1, -0.05) is 32.0 Å². The summed E-state index contributed by atoms with van der Waals surface area (Å²) >= 11 is 0. The minimum Gasteiger partial charge on any atom is -0.491 e. The van der Waals surface area contributed by atoms with Gasteiger partial charge in [-0.05, 0) is 24.8 Å². The molecule has 1 aromatic rings. The second-order valence-corrected chi connectivity index (χ2v) is 6.07. The van der Waals surface area contributed by atoms with E-state index in [1.54, 1.807) is 0 Å². The zero-order chi connectivity index (χ0) is 15.1. The Labute approximate surface area is 127 Å². The fourth-order valence-electron chi connectivity index (χ4n) is 2.48. The number of nitrogens with one attached hydrogen (secondary N) is 1. The lowest BCUT2D eigenvalue weighted by atomic mass is 10.1. The summed E-state index contributed by atoms with van der Waals surface area (Å²) in [7, 11) is 0. The van der Waals surface area contributed by atoms with Crippen LogP contribution in [0, 0.1) is 5.92 Å². The van der Waals surface area contributed by atoms with E-state index in [1.807, 2.05) is 18.2 Å². The first-order valence-corrected chi connectivity index (χ1v) is 7.87. The molecule has 118 valence electrons. The van der Waals surface area contributed by atoms with Gasteiger partial charge in [0.05, 0.1) is 18.8 Å². The number of aliphatic hydroxyl groups is 1. The molecular weight excluding hydrogens is 266 g/mol. The van der Waals surface area contributed by atoms with Crippen molar-refractivity contribution in [2.24, 2.45) is 5.92 Å². The van der Waals surface area contributed by atoms with Gasteiger partial charge in [0, 0.05) is 18.7 Å². The molecule has 0 saturated heterocycles. The third-order valence-electron chi connectivity index (χ3n) is 3.68. The molecule has 0 bridgehead atoms. The van der Waals surface area contributed by atoms with Crippen molar-refractivity contribution in [1.82, 2.24) is 5.32 Å². The second-order valence-electron chi connectivity index (χ2n) is 6.07. The molecule has 1 aliphatic rings. The quantitative estimate of drug-likeness (QED) is 0.687. The van der Waals surface area contributed by atoms with E-state index in [0.29, 0.717) is 25.7 Å². The fraction of sp³-hybridized carbons (Fsp3) is 0.647. The minimum atomic E-state index is -0.475. The molecule has 2 N–H and O–H groups in total. The van der Waals surface area contributed by atoms with E-state index in [4.69, 9.17) is 9.47 Å². The molecular formula is C17H27NO3. The summed E-state index contributed by atoms with van der Waals surface area (Å²) in [6, 6.07) is 8.19. The average Bonchev–Trinajstić information content (AvgIpc) is 2.87. The van der Waals surface area contributed by atoms with Gasteiger partial charge in [0.25, 0.3) is 0 Å². The average molecular weight is 293 g/mol. The van der Waals surface area contributed by atoms with Gasteiger partial charge in [-0.3, -0.25) is 0 Å². The lowest BCUT2D eigenvalue weighted by Gasteiger charge is -2.16. The molecule has 2 atom stereocenters. The number of para-hydroxylation sites is 1. The van der Waals surface area contributed by atoms with E-state index >= 15 is 0 Å². The fourth-order valence-corrected chi connectivity index (χ4v) is 2.48. The molecule has 4 heteroatoms. The molecule has 1 aromatic carbocycles. The Morgan fingerprint density at radius 1 is 1.38 bits per heavy atom. The molecule has 0 amide bonds. The number of hydrogen-bond acceptors (Lipinski definition) is 4. The summed E-state index contributed by atoms with van der Waals surface area (Å²) in [6.07, 6.45) is 1.75. The number of rotatable bonds is 9. The largest absolute Gasteiger partial charge is 0.491 e. The Kier molecular flexibility index (Phi) is 6.49. The van der Waals surface area contributed by atoms with Crippen molar-refractivity contribution in [3.63, 3.8) is 0 Å². The Bertz CT molecular complexity index is 422. The van der Waals surface area contributed by atoms with Crippen LogP contribution in [0.2, 0.25) is 0 Å². The Balaban J connectivity index is 1.60. The first-order valence-electron chi connectivity index (χ1n) is 7.87. The number of ether oxygens (including phenoxy) is 2. The first-order chi connectivity index (χ1) is 10.2. The van der Waals surface area contributed by atoms with Gasteiger partial charge in [0.15, 0.2) is 0 Å². The zero-order valence-corrected chi connectivity index (χ0v) is 13.0. The molecule has 0 aromatic heterocycles. The third kappa shape index (κ3) is 5.30. The molecule has 0 spiro atoms. The molecule has 1 heterocycles. The van der Waals surface area contributed by atoms with Crippen molar-refractivity contribution in [1.29, 1.82) is 0 Å². The van der Waals surface area contributed by atoms with Crippen molar-refractivity contribution < 1.29 is 14.6 Å². The minimum absolute atomic E-state index is 0.164. The smallest absolute Gasteiger partial charge is 0.124 e. The Morgan fingerprint density at radius 2 is 2.19 bits per heavy atom. The van der Waals surface area contributed by atoms with Crippen LogP contribution in [0.5, 0.6) is 5.75 Å². The maximum atomic E-state index is 9.94. The van der Waals surface area contributed by atoms with E-state index in [9.17, 15) is 5.11 Å². The van der Waals surface area contributed by atoms with Crippen LogP contribution in [0.1, 0.15) is 38.3 Å². The van der Waals surface area contributed by atoms with Gasteiger partial charge in [0.1, 0.15) is 12.4 Å². The lowest BCUT2D eigenvalue weighted by molar-refractivity contribution is 0.0331. The van der Waals surface area contributed by atoms with Crippen molar-refractivity contribution >= 4 is 0 Å². The SMILES string of the molecule is CC(C)CCCOCC(O)CNC1COc2ccccc21. The topological polar surface area (TPSA) is 50.7 Å². The van der Waals surface area contributed by atoms with Crippen LogP contribution < -0.4 is 10.1 Å². The van der Waals surface area contributed by atoms with Gasteiger partial charge in [-0.2, -0.15) is 0 Å². The van der Waals surface area contributed by atoms with Gasteiger partial charge >= 0.3 is 0 Å². The summed E-state index contributed by atoms with van der Waals surface area (Å²) in [4.78, 5) is 0. The van der Waals surface area contributed by atoms with Gasteiger partial charge < -0.3 is 19.9 Å². The van der Waals surface area contributed by atoms with E-state index in [-0.39, 0.29) is 6.04 Å². The summed E-state index contributed by atoms with van der Waals surface area (Å²) in [6.45, 7) is 6.68. The van der Waals surface area contributed by atoms with Crippen molar-refractivity contribution in [2.45, 2.75) is 38.8 Å². The predicted molar refractivity (Wildman–Crippen MR) is 83.6 cm³/mol. The highest BCUT2D eigenvalue weighted by Gasteiger charge is 2.23. The van der Waals surface area contributed by atoms with Crippen LogP contribution in [0.3, 0.4) is 0 Å². The summed E-state index contributed by atoms with van der Waals surface area (Å²) in [5, 5.41) is 13.3. The van der Waals surface area contributed by atoms with Gasteiger partial charge in [-0.15, -0.1) is 0 Å². The van der Waals surface area contributed by atoms with Crippen molar-refractivity contribution in [3.8, 4) is 5.75 Å². The highest BCUT2D eigenvalue weighted by atomic mass is 16.5. The van der Waals surface area contributed by atoms with Gasteiger partial charge in [0.2, 0.25) is 0 Å². The normalized spacial score (nSPS) is 18.6. The van der Waals surface area contributed by atoms with Crippen LogP contribution in [0.15, 0.2) is 24.3 Å². The molecule has 0 saturated carbocycles.